The van der Waals surface area contributed by atoms with Crippen molar-refractivity contribution >= 4 is 54.7 Å². The van der Waals surface area contributed by atoms with Crippen LogP contribution in [0.1, 0.15) is 11.3 Å². The molecule has 1 aliphatic rings. The fourth-order valence-corrected chi connectivity index (χ4v) is 6.29. The van der Waals surface area contributed by atoms with Crippen molar-refractivity contribution in [1.82, 2.24) is 19.2 Å². The summed E-state index contributed by atoms with van der Waals surface area (Å²) < 4.78 is 56.5. The van der Waals surface area contributed by atoms with E-state index in [4.69, 9.17) is 11.6 Å². The molecule has 0 spiro atoms. The average molecular weight is 579 g/mol. The van der Waals surface area contributed by atoms with E-state index in [1.54, 1.807) is 5.38 Å². The average Bonchev–Trinajstić information content (AvgIpc) is 3.21. The maximum atomic E-state index is 14.0. The molecule has 33 heavy (non-hydrogen) atoms. The van der Waals surface area contributed by atoms with Gasteiger partial charge >= 0.3 is 0 Å². The lowest BCUT2D eigenvalue weighted by atomic mass is 10.2. The van der Waals surface area contributed by atoms with Gasteiger partial charge in [-0.15, -0.1) is 11.3 Å². The maximum absolute atomic E-state index is 14.0. The molecule has 0 saturated carbocycles. The van der Waals surface area contributed by atoms with E-state index in [1.807, 2.05) is 4.90 Å². The Labute approximate surface area is 207 Å². The Bertz CT molecular complexity index is 1250. The van der Waals surface area contributed by atoms with Gasteiger partial charge in [0.05, 0.1) is 12.2 Å². The third-order valence-corrected chi connectivity index (χ3v) is 8.50. The molecule has 3 aromatic rings. The van der Waals surface area contributed by atoms with Crippen LogP contribution in [0.25, 0.3) is 0 Å². The Morgan fingerprint density at radius 2 is 1.94 bits per heavy atom. The van der Waals surface area contributed by atoms with E-state index in [9.17, 15) is 17.2 Å². The van der Waals surface area contributed by atoms with Crippen LogP contribution in [0.2, 0.25) is 4.47 Å². The molecule has 0 atom stereocenters. The number of benzene rings is 1. The summed E-state index contributed by atoms with van der Waals surface area (Å²) in [5, 5.41) is 4.81. The van der Waals surface area contributed by atoms with Crippen LogP contribution in [0.15, 0.2) is 45.2 Å². The molecule has 1 saturated heterocycles. The second kappa shape index (κ2) is 10.3. The van der Waals surface area contributed by atoms with Crippen molar-refractivity contribution in [3.8, 4) is 0 Å². The Morgan fingerprint density at radius 1 is 1.18 bits per heavy atom. The first-order valence-corrected chi connectivity index (χ1v) is 13.4. The number of rotatable bonds is 7. The third-order valence-electron chi connectivity index (χ3n) is 5.13. The van der Waals surface area contributed by atoms with Gasteiger partial charge in [-0.25, -0.2) is 27.2 Å². The fraction of sp³-hybridized carbons (Fsp3) is 0.300. The molecule has 1 aliphatic heterocycles. The predicted octanol–water partition coefficient (Wildman–Crippen LogP) is 4.35. The predicted molar refractivity (Wildman–Crippen MR) is 127 cm³/mol. The molecule has 7 nitrogen and oxygen atoms in total. The lowest BCUT2D eigenvalue weighted by molar-refractivity contribution is 0.179. The lowest BCUT2D eigenvalue weighted by Gasteiger charge is -2.34. The number of nitrogens with zero attached hydrogens (tertiary/aromatic N) is 4. The molecule has 1 N–H and O–H groups in total. The minimum atomic E-state index is -3.85. The second-order valence-electron chi connectivity index (χ2n) is 7.36. The molecule has 2 aromatic heterocycles. The molecule has 0 bridgehead atoms. The number of aromatic nitrogens is 2. The zero-order valence-corrected chi connectivity index (χ0v) is 21.1. The molecule has 0 amide bonds. The van der Waals surface area contributed by atoms with Crippen LogP contribution in [-0.4, -0.2) is 53.8 Å². The topological polar surface area (TPSA) is 78.4 Å². The van der Waals surface area contributed by atoms with Crippen molar-refractivity contribution in [2.24, 2.45) is 0 Å². The van der Waals surface area contributed by atoms with Gasteiger partial charge in [0.1, 0.15) is 22.3 Å². The largest absolute Gasteiger partial charge is 0.363 e. The van der Waals surface area contributed by atoms with Crippen molar-refractivity contribution in [2.75, 3.05) is 31.5 Å². The highest BCUT2D eigenvalue weighted by Gasteiger charge is 2.31. The Hall–Kier alpha value is -1.70. The molecular formula is C20H19BrClF2N5O2S2. The quantitative estimate of drug-likeness (QED) is 0.449. The molecule has 1 aromatic carbocycles. The monoisotopic (exact) mass is 577 g/mol. The Morgan fingerprint density at radius 3 is 2.64 bits per heavy atom. The minimum absolute atomic E-state index is 0.0443. The summed E-state index contributed by atoms with van der Waals surface area (Å²) in [6.45, 7) is 1.68. The van der Waals surface area contributed by atoms with Crippen LogP contribution >= 0.6 is 38.9 Å². The molecular weight excluding hydrogens is 560 g/mol. The van der Waals surface area contributed by atoms with E-state index in [2.05, 4.69) is 31.2 Å². The minimum Gasteiger partial charge on any atom is -0.363 e. The van der Waals surface area contributed by atoms with E-state index in [1.165, 1.54) is 34.0 Å². The van der Waals surface area contributed by atoms with Gasteiger partial charge in [0.25, 0.3) is 0 Å². The summed E-state index contributed by atoms with van der Waals surface area (Å²) in [5.74, 6) is -0.773. The molecule has 4 rings (SSSR count). The number of sulfonamides is 1. The van der Waals surface area contributed by atoms with Crippen molar-refractivity contribution in [2.45, 2.75) is 18.0 Å². The summed E-state index contributed by atoms with van der Waals surface area (Å²) in [7, 11) is -3.85. The summed E-state index contributed by atoms with van der Waals surface area (Å²) in [4.78, 5) is 10.3. The van der Waals surface area contributed by atoms with Gasteiger partial charge in [-0.05, 0) is 40.2 Å². The van der Waals surface area contributed by atoms with Crippen LogP contribution in [0.5, 0.6) is 0 Å². The Balaban J connectivity index is 1.46. The van der Waals surface area contributed by atoms with Crippen molar-refractivity contribution in [1.29, 1.82) is 0 Å². The summed E-state index contributed by atoms with van der Waals surface area (Å²) in [6, 6.07) is 4.84. The van der Waals surface area contributed by atoms with Crippen LogP contribution in [-0.2, 0) is 23.1 Å². The van der Waals surface area contributed by atoms with Gasteiger partial charge in [0.2, 0.25) is 10.0 Å². The Kier molecular flexibility index (Phi) is 7.61. The molecule has 3 heterocycles. The number of anilines is 1. The van der Waals surface area contributed by atoms with Crippen molar-refractivity contribution in [3.63, 3.8) is 0 Å². The van der Waals surface area contributed by atoms with Gasteiger partial charge in [-0.1, -0.05) is 11.6 Å². The van der Waals surface area contributed by atoms with Crippen molar-refractivity contribution in [3.05, 3.63) is 67.7 Å². The van der Waals surface area contributed by atoms with Crippen LogP contribution in [0.3, 0.4) is 0 Å². The fourth-order valence-electron chi connectivity index (χ4n) is 3.46. The van der Waals surface area contributed by atoms with E-state index in [0.29, 0.717) is 27.7 Å². The molecule has 0 radical (unpaired) electrons. The highest BCUT2D eigenvalue weighted by atomic mass is 79.9. The summed E-state index contributed by atoms with van der Waals surface area (Å²) in [5.41, 5.74) is 0.924. The van der Waals surface area contributed by atoms with E-state index >= 15 is 0 Å². The van der Waals surface area contributed by atoms with Gasteiger partial charge in [0, 0.05) is 54.3 Å². The lowest BCUT2D eigenvalue weighted by Crippen LogP contribution is -2.48. The van der Waals surface area contributed by atoms with Crippen LogP contribution in [0.4, 0.5) is 14.6 Å². The molecule has 0 aliphatic carbocycles. The number of thiazole rings is 1. The molecule has 1 fully saturated rings. The standard InChI is InChI=1S/C20H19BrClF2N5O2S2/c21-14-8-18(19(25-9-14)26-10-16-12-32-20(22)27-16)33(30,31)29-5-3-28(4-6-29)11-13-7-15(23)1-2-17(13)24/h1-2,7-9,12H,3-6,10-11H2,(H,25,26). The molecule has 0 unspecified atom stereocenters. The zero-order chi connectivity index (χ0) is 23.6. The maximum Gasteiger partial charge on any atom is 0.246 e. The number of halogens is 4. The first-order chi connectivity index (χ1) is 15.7. The molecule has 13 heteroatoms. The van der Waals surface area contributed by atoms with E-state index in [0.717, 1.165) is 12.1 Å². The number of pyridine rings is 1. The summed E-state index contributed by atoms with van der Waals surface area (Å²) >= 11 is 10.4. The highest BCUT2D eigenvalue weighted by Crippen LogP contribution is 2.28. The van der Waals surface area contributed by atoms with Gasteiger partial charge in [-0.3, -0.25) is 4.90 Å². The number of hydrogen-bond donors (Lipinski definition) is 1. The van der Waals surface area contributed by atoms with Gasteiger partial charge in [-0.2, -0.15) is 4.31 Å². The van der Waals surface area contributed by atoms with E-state index in [-0.39, 0.29) is 42.5 Å². The zero-order valence-electron chi connectivity index (χ0n) is 17.1. The van der Waals surface area contributed by atoms with Crippen molar-refractivity contribution < 1.29 is 17.2 Å². The second-order valence-corrected chi connectivity index (χ2v) is 11.6. The molecule has 176 valence electrons. The van der Waals surface area contributed by atoms with Gasteiger partial charge in [0.15, 0.2) is 4.47 Å². The van der Waals surface area contributed by atoms with Gasteiger partial charge < -0.3 is 5.32 Å². The van der Waals surface area contributed by atoms with Crippen LogP contribution < -0.4 is 5.32 Å². The third kappa shape index (κ3) is 5.87. The smallest absolute Gasteiger partial charge is 0.246 e. The first-order valence-electron chi connectivity index (χ1n) is 9.88. The van der Waals surface area contributed by atoms with Crippen LogP contribution in [0, 0.1) is 11.6 Å². The SMILES string of the molecule is O=S(=O)(c1cc(Br)cnc1NCc1csc(Cl)n1)N1CCN(Cc2cc(F)ccc2F)CC1. The summed E-state index contributed by atoms with van der Waals surface area (Å²) in [6.07, 6.45) is 1.51. The first kappa shape index (κ1) is 24.4. The number of nitrogens with one attached hydrogen (secondary N) is 1. The highest BCUT2D eigenvalue weighted by molar-refractivity contribution is 9.10. The van der Waals surface area contributed by atoms with E-state index < -0.39 is 21.7 Å². The normalized spacial score (nSPS) is 15.6. The number of piperazine rings is 1. The number of hydrogen-bond acceptors (Lipinski definition) is 7.